The Kier molecular flexibility index (Phi) is 3.19. The molecule has 15 heavy (non-hydrogen) atoms. The van der Waals surface area contributed by atoms with Crippen molar-refractivity contribution in [2.75, 3.05) is 7.05 Å². The molecule has 0 aliphatic carbocycles. The Balaban J connectivity index is 2.29. The van der Waals surface area contributed by atoms with Crippen LogP contribution in [0.5, 0.6) is 0 Å². The van der Waals surface area contributed by atoms with Gasteiger partial charge in [0, 0.05) is 11.4 Å². The zero-order chi connectivity index (χ0) is 10.7. The fraction of sp³-hybridized carbons (Fsp3) is 0.231. The first kappa shape index (κ1) is 10.4. The van der Waals surface area contributed by atoms with E-state index in [4.69, 9.17) is 0 Å². The summed E-state index contributed by atoms with van der Waals surface area (Å²) in [7, 11) is 1.98. The second kappa shape index (κ2) is 4.60. The summed E-state index contributed by atoms with van der Waals surface area (Å²) in [6.45, 7) is 3.08. The standard InChI is InChI=1S/C13H15NS/c1-10-4-3-5-11(6-10)12-7-13(8-14-2)15-9-12/h3-7,9,14H,8H2,1-2H3. The molecule has 0 unspecified atom stereocenters. The van der Waals surface area contributed by atoms with Gasteiger partial charge in [-0.15, -0.1) is 11.3 Å². The van der Waals surface area contributed by atoms with E-state index in [1.807, 2.05) is 18.4 Å². The first-order chi connectivity index (χ1) is 7.29. The van der Waals surface area contributed by atoms with Gasteiger partial charge in [0.05, 0.1) is 0 Å². The lowest BCUT2D eigenvalue weighted by Gasteiger charge is -1.98. The van der Waals surface area contributed by atoms with Crippen molar-refractivity contribution in [3.8, 4) is 11.1 Å². The molecular formula is C13H15NS. The summed E-state index contributed by atoms with van der Waals surface area (Å²) >= 11 is 1.81. The van der Waals surface area contributed by atoms with Crippen molar-refractivity contribution < 1.29 is 0 Å². The van der Waals surface area contributed by atoms with Crippen LogP contribution in [0.25, 0.3) is 11.1 Å². The zero-order valence-electron chi connectivity index (χ0n) is 9.08. The van der Waals surface area contributed by atoms with Crippen molar-refractivity contribution in [2.45, 2.75) is 13.5 Å². The third-order valence-electron chi connectivity index (χ3n) is 2.36. The summed E-state index contributed by atoms with van der Waals surface area (Å²) in [5, 5.41) is 5.39. The van der Waals surface area contributed by atoms with Crippen molar-refractivity contribution in [1.82, 2.24) is 5.32 Å². The average molecular weight is 217 g/mol. The molecule has 78 valence electrons. The molecule has 1 aromatic carbocycles. The molecule has 2 rings (SSSR count). The van der Waals surface area contributed by atoms with Crippen LogP contribution in [0.2, 0.25) is 0 Å². The molecule has 0 amide bonds. The van der Waals surface area contributed by atoms with Crippen LogP contribution in [0.15, 0.2) is 35.7 Å². The number of aryl methyl sites for hydroxylation is 1. The Bertz CT molecular complexity index is 445. The second-order valence-electron chi connectivity index (χ2n) is 3.70. The monoisotopic (exact) mass is 217 g/mol. The number of hydrogen-bond donors (Lipinski definition) is 1. The lowest BCUT2D eigenvalue weighted by molar-refractivity contribution is 0.831. The molecule has 0 aliphatic rings. The van der Waals surface area contributed by atoms with E-state index in [0.29, 0.717) is 0 Å². The summed E-state index contributed by atoms with van der Waals surface area (Å²) in [5.74, 6) is 0. The van der Waals surface area contributed by atoms with Gasteiger partial charge in [0.25, 0.3) is 0 Å². The fourth-order valence-electron chi connectivity index (χ4n) is 1.62. The predicted octanol–water partition coefficient (Wildman–Crippen LogP) is 3.44. The minimum Gasteiger partial charge on any atom is -0.315 e. The molecule has 0 bridgehead atoms. The zero-order valence-corrected chi connectivity index (χ0v) is 9.90. The summed E-state index contributed by atoms with van der Waals surface area (Å²) in [6.07, 6.45) is 0. The lowest BCUT2D eigenvalue weighted by Crippen LogP contribution is -2.02. The molecule has 1 nitrogen and oxygen atoms in total. The van der Waals surface area contributed by atoms with E-state index < -0.39 is 0 Å². The molecule has 1 heterocycles. The summed E-state index contributed by atoms with van der Waals surface area (Å²) in [4.78, 5) is 1.38. The van der Waals surface area contributed by atoms with Crippen LogP contribution in [0.3, 0.4) is 0 Å². The molecule has 0 spiro atoms. The molecule has 2 aromatic rings. The SMILES string of the molecule is CNCc1cc(-c2cccc(C)c2)cs1. The summed E-state index contributed by atoms with van der Waals surface area (Å²) < 4.78 is 0. The molecular weight excluding hydrogens is 202 g/mol. The van der Waals surface area contributed by atoms with E-state index >= 15 is 0 Å². The maximum absolute atomic E-state index is 3.17. The van der Waals surface area contributed by atoms with Crippen LogP contribution < -0.4 is 5.32 Å². The maximum Gasteiger partial charge on any atom is 0.0296 e. The van der Waals surface area contributed by atoms with E-state index in [1.54, 1.807) is 0 Å². The van der Waals surface area contributed by atoms with E-state index in [-0.39, 0.29) is 0 Å². The number of thiophene rings is 1. The minimum absolute atomic E-state index is 0.955. The Labute approximate surface area is 94.8 Å². The normalized spacial score (nSPS) is 10.5. The Hall–Kier alpha value is -1.12. The van der Waals surface area contributed by atoms with Gasteiger partial charge in [-0.05, 0) is 36.5 Å². The topological polar surface area (TPSA) is 12.0 Å². The highest BCUT2D eigenvalue weighted by atomic mass is 32.1. The van der Waals surface area contributed by atoms with Gasteiger partial charge in [-0.2, -0.15) is 0 Å². The average Bonchev–Trinajstić information content (AvgIpc) is 2.67. The van der Waals surface area contributed by atoms with Gasteiger partial charge in [0.1, 0.15) is 0 Å². The van der Waals surface area contributed by atoms with Gasteiger partial charge < -0.3 is 5.32 Å². The Morgan fingerprint density at radius 3 is 2.80 bits per heavy atom. The molecule has 0 fully saturated rings. The van der Waals surface area contributed by atoms with Crippen molar-refractivity contribution in [2.24, 2.45) is 0 Å². The van der Waals surface area contributed by atoms with Crippen LogP contribution in [-0.2, 0) is 6.54 Å². The highest BCUT2D eigenvalue weighted by molar-refractivity contribution is 7.10. The molecule has 0 saturated carbocycles. The predicted molar refractivity (Wildman–Crippen MR) is 67.3 cm³/mol. The van der Waals surface area contributed by atoms with Crippen LogP contribution >= 0.6 is 11.3 Å². The number of nitrogens with one attached hydrogen (secondary N) is 1. The second-order valence-corrected chi connectivity index (χ2v) is 4.70. The fourth-order valence-corrected chi connectivity index (χ4v) is 2.53. The van der Waals surface area contributed by atoms with Crippen molar-refractivity contribution in [1.29, 1.82) is 0 Å². The minimum atomic E-state index is 0.955. The first-order valence-corrected chi connectivity index (χ1v) is 5.96. The maximum atomic E-state index is 3.17. The third-order valence-corrected chi connectivity index (χ3v) is 3.29. The van der Waals surface area contributed by atoms with Crippen molar-refractivity contribution >= 4 is 11.3 Å². The smallest absolute Gasteiger partial charge is 0.0296 e. The third kappa shape index (κ3) is 2.46. The van der Waals surface area contributed by atoms with Gasteiger partial charge in [-0.1, -0.05) is 29.8 Å². The molecule has 0 aliphatic heterocycles. The van der Waals surface area contributed by atoms with Crippen LogP contribution in [-0.4, -0.2) is 7.05 Å². The molecule has 1 aromatic heterocycles. The Morgan fingerprint density at radius 2 is 2.07 bits per heavy atom. The van der Waals surface area contributed by atoms with E-state index in [1.165, 1.54) is 21.6 Å². The molecule has 1 N–H and O–H groups in total. The van der Waals surface area contributed by atoms with Gasteiger partial charge in [-0.3, -0.25) is 0 Å². The molecule has 0 saturated heterocycles. The van der Waals surface area contributed by atoms with Crippen molar-refractivity contribution in [3.63, 3.8) is 0 Å². The molecule has 0 atom stereocenters. The van der Waals surface area contributed by atoms with E-state index in [2.05, 4.69) is 48.0 Å². The van der Waals surface area contributed by atoms with Gasteiger partial charge in [0.15, 0.2) is 0 Å². The van der Waals surface area contributed by atoms with Crippen LogP contribution in [0.4, 0.5) is 0 Å². The van der Waals surface area contributed by atoms with E-state index in [0.717, 1.165) is 6.54 Å². The number of hydrogen-bond acceptors (Lipinski definition) is 2. The first-order valence-electron chi connectivity index (χ1n) is 5.08. The summed E-state index contributed by atoms with van der Waals surface area (Å²) in [6, 6.07) is 10.9. The van der Waals surface area contributed by atoms with Gasteiger partial charge in [0.2, 0.25) is 0 Å². The largest absolute Gasteiger partial charge is 0.315 e. The van der Waals surface area contributed by atoms with E-state index in [9.17, 15) is 0 Å². The number of benzene rings is 1. The van der Waals surface area contributed by atoms with Crippen LogP contribution in [0, 0.1) is 6.92 Å². The van der Waals surface area contributed by atoms with Crippen LogP contribution in [0.1, 0.15) is 10.4 Å². The summed E-state index contributed by atoms with van der Waals surface area (Å²) in [5.41, 5.74) is 3.96. The quantitative estimate of drug-likeness (QED) is 0.830. The van der Waals surface area contributed by atoms with Gasteiger partial charge >= 0.3 is 0 Å². The lowest BCUT2D eigenvalue weighted by atomic mass is 10.1. The number of rotatable bonds is 3. The van der Waals surface area contributed by atoms with Gasteiger partial charge in [-0.25, -0.2) is 0 Å². The molecule has 0 radical (unpaired) electrons. The van der Waals surface area contributed by atoms with Crippen molar-refractivity contribution in [3.05, 3.63) is 46.2 Å². The Morgan fingerprint density at radius 1 is 1.20 bits per heavy atom. The highest BCUT2D eigenvalue weighted by Gasteiger charge is 2.01. The molecule has 2 heteroatoms. The highest BCUT2D eigenvalue weighted by Crippen LogP contribution is 2.26.